The molecule has 1 aromatic rings. The molecule has 0 saturated heterocycles. The zero-order valence-corrected chi connectivity index (χ0v) is 10.9. The second-order valence-electron chi connectivity index (χ2n) is 4.86. The Bertz CT molecular complexity index is 341. The lowest BCUT2D eigenvalue weighted by Crippen LogP contribution is -2.30. The summed E-state index contributed by atoms with van der Waals surface area (Å²) in [7, 11) is 0. The van der Waals surface area contributed by atoms with Crippen LogP contribution >= 0.6 is 0 Å². The first-order valence-electron chi connectivity index (χ1n) is 6.84. The summed E-state index contributed by atoms with van der Waals surface area (Å²) < 4.78 is 11.4. The van der Waals surface area contributed by atoms with Gasteiger partial charge < -0.3 is 9.47 Å². The second-order valence-corrected chi connectivity index (χ2v) is 4.86. The van der Waals surface area contributed by atoms with Gasteiger partial charge in [-0.25, -0.2) is 0 Å². The monoisotopic (exact) mass is 246 g/mol. The molecule has 2 rings (SSSR count). The van der Waals surface area contributed by atoms with Gasteiger partial charge in [-0.2, -0.15) is 0 Å². The molecule has 0 radical (unpaired) electrons. The number of ether oxygens (including phenoxy) is 2. The molecule has 18 heavy (non-hydrogen) atoms. The predicted molar refractivity (Wildman–Crippen MR) is 73.6 cm³/mol. The van der Waals surface area contributed by atoms with Gasteiger partial charge in [0, 0.05) is 0 Å². The zero-order chi connectivity index (χ0) is 12.6. The first kappa shape index (κ1) is 13.0. The molecule has 1 fully saturated rings. The maximum Gasteiger partial charge on any atom is 0.134 e. The topological polar surface area (TPSA) is 18.5 Å². The molecular weight excluding hydrogens is 224 g/mol. The Labute approximate surface area is 110 Å². The lowest BCUT2D eigenvalue weighted by Gasteiger charge is -2.29. The van der Waals surface area contributed by atoms with Crippen molar-refractivity contribution in [1.82, 2.24) is 0 Å². The predicted octanol–water partition coefficient (Wildman–Crippen LogP) is 4.17. The highest BCUT2D eigenvalue weighted by molar-refractivity contribution is 5.20. The average Bonchev–Trinajstić information content (AvgIpc) is 2.45. The molecule has 98 valence electrons. The third kappa shape index (κ3) is 3.80. The summed E-state index contributed by atoms with van der Waals surface area (Å²) in [5, 5.41) is 0. The number of hydrogen-bond donors (Lipinski definition) is 0. The molecule has 1 aliphatic rings. The maximum atomic E-state index is 5.80. The molecule has 2 nitrogen and oxygen atoms in total. The lowest BCUT2D eigenvalue weighted by molar-refractivity contribution is 0.0281. The van der Waals surface area contributed by atoms with Gasteiger partial charge in [0.05, 0.1) is 6.26 Å². The van der Waals surface area contributed by atoms with Crippen LogP contribution in [0.2, 0.25) is 0 Å². The van der Waals surface area contributed by atoms with Crippen molar-refractivity contribution in [1.29, 1.82) is 0 Å². The van der Waals surface area contributed by atoms with Crippen LogP contribution in [0.25, 0.3) is 0 Å². The number of benzene rings is 1. The van der Waals surface area contributed by atoms with Gasteiger partial charge in [-0.15, -0.1) is 0 Å². The maximum absolute atomic E-state index is 5.80. The SMILES string of the molecule is C=COC(COc1ccccc1)C1CCCCC1. The smallest absolute Gasteiger partial charge is 0.134 e. The first-order chi connectivity index (χ1) is 8.90. The molecule has 1 aromatic carbocycles. The highest BCUT2D eigenvalue weighted by Crippen LogP contribution is 2.28. The first-order valence-corrected chi connectivity index (χ1v) is 6.84. The van der Waals surface area contributed by atoms with Gasteiger partial charge in [-0.05, 0) is 30.9 Å². The molecule has 1 unspecified atom stereocenters. The van der Waals surface area contributed by atoms with Gasteiger partial charge in [0.25, 0.3) is 0 Å². The van der Waals surface area contributed by atoms with Crippen molar-refractivity contribution < 1.29 is 9.47 Å². The summed E-state index contributed by atoms with van der Waals surface area (Å²) in [4.78, 5) is 0. The number of hydrogen-bond acceptors (Lipinski definition) is 2. The third-order valence-electron chi connectivity index (χ3n) is 3.60. The Hall–Kier alpha value is -1.44. The minimum absolute atomic E-state index is 0.142. The van der Waals surface area contributed by atoms with E-state index in [0.29, 0.717) is 12.5 Å². The molecule has 1 atom stereocenters. The molecule has 0 spiro atoms. The van der Waals surface area contributed by atoms with Crippen molar-refractivity contribution >= 4 is 0 Å². The van der Waals surface area contributed by atoms with E-state index in [1.165, 1.54) is 32.1 Å². The van der Waals surface area contributed by atoms with Gasteiger partial charge in [0.2, 0.25) is 0 Å². The summed E-state index contributed by atoms with van der Waals surface area (Å²) in [5.74, 6) is 1.52. The molecule has 0 heterocycles. The summed E-state index contributed by atoms with van der Waals surface area (Å²) in [5.41, 5.74) is 0. The zero-order valence-electron chi connectivity index (χ0n) is 10.9. The standard InChI is InChI=1S/C16H22O2/c1-2-17-16(14-9-5-3-6-10-14)13-18-15-11-7-4-8-12-15/h2,4,7-8,11-12,14,16H,1,3,5-6,9-10,13H2. The number of para-hydroxylation sites is 1. The highest BCUT2D eigenvalue weighted by Gasteiger charge is 2.24. The van der Waals surface area contributed by atoms with E-state index in [9.17, 15) is 0 Å². The second kappa shape index (κ2) is 7.10. The van der Waals surface area contributed by atoms with E-state index in [4.69, 9.17) is 9.47 Å². The van der Waals surface area contributed by atoms with Gasteiger partial charge in [0.15, 0.2) is 0 Å². The van der Waals surface area contributed by atoms with Crippen molar-refractivity contribution in [2.45, 2.75) is 38.2 Å². The largest absolute Gasteiger partial charge is 0.495 e. The van der Waals surface area contributed by atoms with Crippen LogP contribution in [0.1, 0.15) is 32.1 Å². The Kier molecular flexibility index (Phi) is 5.13. The fourth-order valence-corrected chi connectivity index (χ4v) is 2.61. The van der Waals surface area contributed by atoms with Crippen LogP contribution in [0.5, 0.6) is 5.75 Å². The van der Waals surface area contributed by atoms with Gasteiger partial charge in [-0.3, -0.25) is 0 Å². The van der Waals surface area contributed by atoms with Crippen molar-refractivity contribution in [2.24, 2.45) is 5.92 Å². The van der Waals surface area contributed by atoms with Crippen LogP contribution in [-0.2, 0) is 4.74 Å². The average molecular weight is 246 g/mol. The van der Waals surface area contributed by atoms with E-state index in [-0.39, 0.29) is 6.10 Å². The molecule has 0 aromatic heterocycles. The van der Waals surface area contributed by atoms with Crippen LogP contribution in [-0.4, -0.2) is 12.7 Å². The van der Waals surface area contributed by atoms with Crippen molar-refractivity contribution in [3.05, 3.63) is 43.2 Å². The summed E-state index contributed by atoms with van der Waals surface area (Å²) in [6.45, 7) is 4.28. The Morgan fingerprint density at radius 2 is 1.89 bits per heavy atom. The van der Waals surface area contributed by atoms with Gasteiger partial charge in [0.1, 0.15) is 18.5 Å². The molecule has 1 aliphatic carbocycles. The van der Waals surface area contributed by atoms with E-state index in [2.05, 4.69) is 6.58 Å². The van der Waals surface area contributed by atoms with Crippen LogP contribution in [0.4, 0.5) is 0 Å². The fraction of sp³-hybridized carbons (Fsp3) is 0.500. The van der Waals surface area contributed by atoms with Crippen LogP contribution < -0.4 is 4.74 Å². The fourth-order valence-electron chi connectivity index (χ4n) is 2.61. The number of rotatable bonds is 6. The molecule has 2 heteroatoms. The van der Waals surface area contributed by atoms with Crippen molar-refractivity contribution in [2.75, 3.05) is 6.61 Å². The summed E-state index contributed by atoms with van der Waals surface area (Å²) in [6, 6.07) is 9.92. The quantitative estimate of drug-likeness (QED) is 0.701. The summed E-state index contributed by atoms with van der Waals surface area (Å²) in [6.07, 6.45) is 8.17. The molecule has 1 saturated carbocycles. The van der Waals surface area contributed by atoms with E-state index in [1.54, 1.807) is 6.26 Å². The Morgan fingerprint density at radius 1 is 1.17 bits per heavy atom. The Morgan fingerprint density at radius 3 is 2.56 bits per heavy atom. The normalized spacial score (nSPS) is 18.0. The van der Waals surface area contributed by atoms with Crippen LogP contribution in [0, 0.1) is 5.92 Å². The Balaban J connectivity index is 1.87. The van der Waals surface area contributed by atoms with E-state index >= 15 is 0 Å². The van der Waals surface area contributed by atoms with Crippen LogP contribution in [0.15, 0.2) is 43.2 Å². The molecule has 0 aliphatic heterocycles. The van der Waals surface area contributed by atoms with Crippen LogP contribution in [0.3, 0.4) is 0 Å². The van der Waals surface area contributed by atoms with E-state index in [0.717, 1.165) is 5.75 Å². The lowest BCUT2D eigenvalue weighted by atomic mass is 9.85. The summed E-state index contributed by atoms with van der Waals surface area (Å²) >= 11 is 0. The minimum Gasteiger partial charge on any atom is -0.495 e. The van der Waals surface area contributed by atoms with Crippen molar-refractivity contribution in [3.63, 3.8) is 0 Å². The molecule has 0 amide bonds. The minimum atomic E-state index is 0.142. The van der Waals surface area contributed by atoms with Gasteiger partial charge in [-0.1, -0.05) is 44.0 Å². The molecule has 0 N–H and O–H groups in total. The highest BCUT2D eigenvalue weighted by atomic mass is 16.5. The van der Waals surface area contributed by atoms with Crippen molar-refractivity contribution in [3.8, 4) is 5.75 Å². The molecule has 0 bridgehead atoms. The third-order valence-corrected chi connectivity index (χ3v) is 3.60. The van der Waals surface area contributed by atoms with Gasteiger partial charge >= 0.3 is 0 Å². The van der Waals surface area contributed by atoms with E-state index in [1.807, 2.05) is 30.3 Å². The molecular formula is C16H22O2. The van der Waals surface area contributed by atoms with E-state index < -0.39 is 0 Å².